The molecule has 0 aromatic heterocycles. The number of carbonyl (C=O) groups is 1. The topological polar surface area (TPSA) is 49.8 Å². The first kappa shape index (κ1) is 16.1. The number of halogens is 1. The van der Waals surface area contributed by atoms with Crippen LogP contribution in [0.4, 0.5) is 10.1 Å². The number of esters is 1. The summed E-state index contributed by atoms with van der Waals surface area (Å²) in [5, 5.41) is 9.70. The Balaban J connectivity index is 1.61. The van der Waals surface area contributed by atoms with Crippen LogP contribution in [0.3, 0.4) is 0 Å². The van der Waals surface area contributed by atoms with Crippen molar-refractivity contribution in [2.75, 3.05) is 18.0 Å². The Kier molecular flexibility index (Phi) is 3.96. The van der Waals surface area contributed by atoms with E-state index in [-0.39, 0.29) is 24.0 Å². The first-order valence-electron chi connectivity index (χ1n) is 8.54. The third-order valence-electron chi connectivity index (χ3n) is 5.10. The average molecular weight is 341 g/mol. The van der Waals surface area contributed by atoms with E-state index in [2.05, 4.69) is 4.90 Å². The van der Waals surface area contributed by atoms with Gasteiger partial charge in [0, 0.05) is 30.8 Å². The number of nitrogens with zero attached hydrogens (tertiary/aromatic N) is 1. The van der Waals surface area contributed by atoms with Crippen molar-refractivity contribution >= 4 is 11.7 Å². The molecule has 0 radical (unpaired) electrons. The first-order chi connectivity index (χ1) is 12.0. The van der Waals surface area contributed by atoms with Crippen molar-refractivity contribution in [3.63, 3.8) is 0 Å². The SMILES string of the molecule is Cc1ccc(F)cc1CC1OC(=O)c2cc(N3CC[C@@H](O)C3)ccc21. The molecule has 2 aromatic carbocycles. The van der Waals surface area contributed by atoms with Crippen LogP contribution in [-0.4, -0.2) is 30.3 Å². The second-order valence-electron chi connectivity index (χ2n) is 6.83. The molecule has 2 atom stereocenters. The predicted molar refractivity (Wildman–Crippen MR) is 92.3 cm³/mol. The van der Waals surface area contributed by atoms with Crippen molar-refractivity contribution < 1.29 is 19.0 Å². The largest absolute Gasteiger partial charge is 0.454 e. The number of benzene rings is 2. The first-order valence-corrected chi connectivity index (χ1v) is 8.54. The Labute approximate surface area is 145 Å². The van der Waals surface area contributed by atoms with E-state index < -0.39 is 0 Å². The molecule has 4 rings (SSSR count). The van der Waals surface area contributed by atoms with Crippen molar-refractivity contribution in [2.45, 2.75) is 32.0 Å². The van der Waals surface area contributed by atoms with Crippen molar-refractivity contribution in [1.29, 1.82) is 0 Å². The molecule has 4 nitrogen and oxygen atoms in total. The van der Waals surface area contributed by atoms with Gasteiger partial charge in [-0.15, -0.1) is 0 Å². The van der Waals surface area contributed by atoms with Crippen LogP contribution < -0.4 is 4.90 Å². The fourth-order valence-electron chi connectivity index (χ4n) is 3.64. The van der Waals surface area contributed by atoms with Gasteiger partial charge in [0.2, 0.25) is 0 Å². The van der Waals surface area contributed by atoms with Gasteiger partial charge in [0.1, 0.15) is 11.9 Å². The zero-order valence-corrected chi connectivity index (χ0v) is 14.0. The standard InChI is InChI=1S/C20H20FNO3/c1-12-2-3-14(21)8-13(12)9-19-17-5-4-15(10-18(17)20(24)25-19)22-7-6-16(23)11-22/h2-5,8,10,16,19,23H,6-7,9,11H2,1H3/t16-,19?/m1/s1. The summed E-state index contributed by atoms with van der Waals surface area (Å²) in [7, 11) is 0. The molecule has 130 valence electrons. The number of aliphatic hydroxyl groups is 1. The quantitative estimate of drug-likeness (QED) is 0.872. The highest BCUT2D eigenvalue weighted by Gasteiger charge is 2.32. The summed E-state index contributed by atoms with van der Waals surface area (Å²) in [6, 6.07) is 10.4. The minimum atomic E-state index is -0.388. The van der Waals surface area contributed by atoms with Crippen LogP contribution in [0.2, 0.25) is 0 Å². The number of carbonyl (C=O) groups excluding carboxylic acids is 1. The predicted octanol–water partition coefficient (Wildman–Crippen LogP) is 3.16. The fraction of sp³-hybridized carbons (Fsp3) is 0.350. The monoisotopic (exact) mass is 341 g/mol. The summed E-state index contributed by atoms with van der Waals surface area (Å²) >= 11 is 0. The number of anilines is 1. The van der Waals surface area contributed by atoms with Crippen LogP contribution in [0, 0.1) is 12.7 Å². The molecule has 2 aromatic rings. The number of hydrogen-bond donors (Lipinski definition) is 1. The van der Waals surface area contributed by atoms with E-state index >= 15 is 0 Å². The lowest BCUT2D eigenvalue weighted by Gasteiger charge is -2.18. The highest BCUT2D eigenvalue weighted by molar-refractivity contribution is 5.95. The molecule has 0 aliphatic carbocycles. The number of β-amino-alcohol motifs (C(OH)–C–C–N with tert-alkyl or cyclic N) is 1. The molecule has 0 amide bonds. The molecular weight excluding hydrogens is 321 g/mol. The molecule has 2 aliphatic heterocycles. The molecule has 2 aliphatic rings. The molecule has 2 heterocycles. The van der Waals surface area contributed by atoms with E-state index in [1.807, 2.05) is 25.1 Å². The summed E-state index contributed by atoms with van der Waals surface area (Å²) in [5.74, 6) is -0.622. The molecule has 1 N–H and O–H groups in total. The third-order valence-corrected chi connectivity index (χ3v) is 5.10. The number of aryl methyl sites for hydroxylation is 1. The van der Waals surface area contributed by atoms with Crippen molar-refractivity contribution in [1.82, 2.24) is 0 Å². The number of aliphatic hydroxyl groups excluding tert-OH is 1. The van der Waals surface area contributed by atoms with E-state index in [0.29, 0.717) is 18.5 Å². The lowest BCUT2D eigenvalue weighted by atomic mass is 9.96. The Morgan fingerprint density at radius 1 is 1.28 bits per heavy atom. The van der Waals surface area contributed by atoms with Gasteiger partial charge in [0.05, 0.1) is 11.7 Å². The van der Waals surface area contributed by atoms with Crippen LogP contribution >= 0.6 is 0 Å². The molecule has 1 saturated heterocycles. The highest BCUT2D eigenvalue weighted by Crippen LogP contribution is 2.36. The Hall–Kier alpha value is -2.40. The number of rotatable bonds is 3. The fourth-order valence-corrected chi connectivity index (χ4v) is 3.64. The number of ether oxygens (including phenoxy) is 1. The maximum absolute atomic E-state index is 13.5. The summed E-state index contributed by atoms with van der Waals surface area (Å²) in [4.78, 5) is 14.4. The summed E-state index contributed by atoms with van der Waals surface area (Å²) < 4.78 is 19.1. The Morgan fingerprint density at radius 3 is 2.88 bits per heavy atom. The summed E-state index contributed by atoms with van der Waals surface area (Å²) in [6.07, 6.45) is 0.498. The Morgan fingerprint density at radius 2 is 2.12 bits per heavy atom. The van der Waals surface area contributed by atoms with Crippen LogP contribution in [0.25, 0.3) is 0 Å². The van der Waals surface area contributed by atoms with Crippen LogP contribution in [-0.2, 0) is 11.2 Å². The second kappa shape index (κ2) is 6.15. The molecule has 0 bridgehead atoms. The zero-order chi connectivity index (χ0) is 17.6. The van der Waals surface area contributed by atoms with Gasteiger partial charge in [-0.1, -0.05) is 12.1 Å². The number of hydrogen-bond acceptors (Lipinski definition) is 4. The zero-order valence-electron chi connectivity index (χ0n) is 14.0. The van der Waals surface area contributed by atoms with Crippen LogP contribution in [0.15, 0.2) is 36.4 Å². The summed E-state index contributed by atoms with van der Waals surface area (Å²) in [5.41, 5.74) is 4.16. The van der Waals surface area contributed by atoms with Crippen molar-refractivity contribution in [3.05, 3.63) is 64.5 Å². The lowest BCUT2D eigenvalue weighted by molar-refractivity contribution is 0.0386. The van der Waals surface area contributed by atoms with Crippen molar-refractivity contribution in [2.24, 2.45) is 0 Å². The molecular formula is C20H20FNO3. The van der Waals surface area contributed by atoms with E-state index in [9.17, 15) is 14.3 Å². The molecule has 25 heavy (non-hydrogen) atoms. The molecule has 1 unspecified atom stereocenters. The second-order valence-corrected chi connectivity index (χ2v) is 6.83. The molecule has 0 spiro atoms. The van der Waals surface area contributed by atoms with Gasteiger partial charge >= 0.3 is 5.97 Å². The minimum Gasteiger partial charge on any atom is -0.454 e. The van der Waals surface area contributed by atoms with Gasteiger partial charge in [-0.25, -0.2) is 9.18 Å². The highest BCUT2D eigenvalue weighted by atomic mass is 19.1. The van der Waals surface area contributed by atoms with Crippen molar-refractivity contribution in [3.8, 4) is 0 Å². The smallest absolute Gasteiger partial charge is 0.339 e. The average Bonchev–Trinajstić information content (AvgIpc) is 3.15. The normalized spacial score (nSPS) is 22.2. The summed E-state index contributed by atoms with van der Waals surface area (Å²) in [6.45, 7) is 3.29. The van der Waals surface area contributed by atoms with Crippen LogP contribution in [0.1, 0.15) is 39.6 Å². The van der Waals surface area contributed by atoms with Gasteiger partial charge in [0.25, 0.3) is 0 Å². The number of cyclic esters (lactones) is 1. The maximum atomic E-state index is 13.5. The van der Waals surface area contributed by atoms with Gasteiger partial charge in [0.15, 0.2) is 0 Å². The van der Waals surface area contributed by atoms with E-state index in [1.54, 1.807) is 6.07 Å². The van der Waals surface area contributed by atoms with Gasteiger partial charge < -0.3 is 14.7 Å². The van der Waals surface area contributed by atoms with Gasteiger partial charge in [-0.2, -0.15) is 0 Å². The molecule has 1 fully saturated rings. The van der Waals surface area contributed by atoms with E-state index in [1.165, 1.54) is 12.1 Å². The third kappa shape index (κ3) is 3.00. The molecule has 0 saturated carbocycles. The lowest BCUT2D eigenvalue weighted by Crippen LogP contribution is -2.21. The molecule has 5 heteroatoms. The maximum Gasteiger partial charge on any atom is 0.339 e. The van der Waals surface area contributed by atoms with E-state index in [0.717, 1.165) is 35.3 Å². The van der Waals surface area contributed by atoms with Gasteiger partial charge in [-0.3, -0.25) is 0 Å². The number of fused-ring (bicyclic) bond motifs is 1. The van der Waals surface area contributed by atoms with Gasteiger partial charge in [-0.05, 0) is 48.7 Å². The minimum absolute atomic E-state index is 0.284. The Bertz CT molecular complexity index is 836. The van der Waals surface area contributed by atoms with Crippen LogP contribution in [0.5, 0.6) is 0 Å². The van der Waals surface area contributed by atoms with E-state index in [4.69, 9.17) is 4.74 Å².